The molecule has 7 heteroatoms. The minimum absolute atomic E-state index is 0.120. The van der Waals surface area contributed by atoms with Crippen molar-refractivity contribution in [2.45, 2.75) is 19.1 Å². The molecule has 7 nitrogen and oxygen atoms in total. The highest BCUT2D eigenvalue weighted by Crippen LogP contribution is 2.10. The molecule has 0 bridgehead atoms. The lowest BCUT2D eigenvalue weighted by atomic mass is 10.2. The molecule has 14 heavy (non-hydrogen) atoms. The Labute approximate surface area is 80.6 Å². The number of carbonyl (C=O) groups is 1. The second kappa shape index (κ2) is 5.43. The van der Waals surface area contributed by atoms with Gasteiger partial charge in [0, 0.05) is 11.8 Å². The van der Waals surface area contributed by atoms with Gasteiger partial charge < -0.3 is 14.2 Å². The first-order chi connectivity index (χ1) is 6.74. The normalized spacial score (nSPS) is 27.2. The summed E-state index contributed by atoms with van der Waals surface area (Å²) in [7, 11) is 0. The number of esters is 1. The van der Waals surface area contributed by atoms with Crippen molar-refractivity contribution in [3.63, 3.8) is 0 Å². The Morgan fingerprint density at radius 2 is 2.29 bits per heavy atom. The highest BCUT2D eigenvalue weighted by atomic mass is 16.7. The second-order valence-electron chi connectivity index (χ2n) is 2.78. The average molecular weight is 201 g/mol. The van der Waals surface area contributed by atoms with Crippen LogP contribution in [0.4, 0.5) is 0 Å². The van der Waals surface area contributed by atoms with E-state index >= 15 is 0 Å². The SMILES string of the molecule is CC(=O)OC1COCOCC1N=[N+]=[N-]. The van der Waals surface area contributed by atoms with Gasteiger partial charge in [0.15, 0.2) is 0 Å². The van der Waals surface area contributed by atoms with Crippen LogP contribution in [0, 0.1) is 0 Å². The van der Waals surface area contributed by atoms with Gasteiger partial charge in [0.05, 0.1) is 13.2 Å². The molecule has 2 atom stereocenters. The molecule has 0 N–H and O–H groups in total. The van der Waals surface area contributed by atoms with E-state index in [0.29, 0.717) is 0 Å². The standard InChI is InChI=1S/C7H11N3O4/c1-5(11)14-7-3-13-4-12-2-6(7)9-10-8/h6-7H,2-4H2,1H3. The lowest BCUT2D eigenvalue weighted by Crippen LogP contribution is -2.34. The Kier molecular flexibility index (Phi) is 4.18. The van der Waals surface area contributed by atoms with E-state index in [1.807, 2.05) is 0 Å². The van der Waals surface area contributed by atoms with Gasteiger partial charge in [0.2, 0.25) is 0 Å². The van der Waals surface area contributed by atoms with Crippen molar-refractivity contribution >= 4 is 5.97 Å². The molecule has 1 saturated heterocycles. The van der Waals surface area contributed by atoms with Crippen molar-refractivity contribution in [2.75, 3.05) is 20.0 Å². The fraction of sp³-hybridized carbons (Fsp3) is 0.857. The van der Waals surface area contributed by atoms with Crippen LogP contribution in [0.2, 0.25) is 0 Å². The quantitative estimate of drug-likeness (QED) is 0.283. The smallest absolute Gasteiger partial charge is 0.302 e. The lowest BCUT2D eigenvalue weighted by Gasteiger charge is -2.18. The molecule has 0 radical (unpaired) electrons. The Bertz CT molecular complexity index is 251. The van der Waals surface area contributed by atoms with E-state index in [1.54, 1.807) is 0 Å². The Hall–Kier alpha value is -1.30. The number of hydrogen-bond acceptors (Lipinski definition) is 5. The Morgan fingerprint density at radius 1 is 1.57 bits per heavy atom. The third-order valence-electron chi connectivity index (χ3n) is 1.68. The average Bonchev–Trinajstić information content (AvgIpc) is 2.32. The van der Waals surface area contributed by atoms with Gasteiger partial charge >= 0.3 is 5.97 Å². The lowest BCUT2D eigenvalue weighted by molar-refractivity contribution is -0.149. The van der Waals surface area contributed by atoms with Crippen molar-refractivity contribution in [1.82, 2.24) is 0 Å². The molecule has 0 spiro atoms. The van der Waals surface area contributed by atoms with E-state index in [2.05, 4.69) is 10.0 Å². The fourth-order valence-electron chi connectivity index (χ4n) is 1.11. The number of rotatable bonds is 2. The van der Waals surface area contributed by atoms with Crippen molar-refractivity contribution in [2.24, 2.45) is 5.11 Å². The molecule has 1 heterocycles. The maximum absolute atomic E-state index is 10.7. The van der Waals surface area contributed by atoms with E-state index in [9.17, 15) is 4.79 Å². The van der Waals surface area contributed by atoms with E-state index in [4.69, 9.17) is 19.7 Å². The first kappa shape index (κ1) is 10.8. The van der Waals surface area contributed by atoms with Crippen LogP contribution in [0.15, 0.2) is 5.11 Å². The summed E-state index contributed by atoms with van der Waals surface area (Å²) in [5.41, 5.74) is 8.28. The first-order valence-corrected chi connectivity index (χ1v) is 4.11. The van der Waals surface area contributed by atoms with Gasteiger partial charge in [-0.15, -0.1) is 0 Å². The topological polar surface area (TPSA) is 93.5 Å². The molecule has 1 aliphatic heterocycles. The summed E-state index contributed by atoms with van der Waals surface area (Å²) in [6.07, 6.45) is -0.564. The molecule has 0 amide bonds. The summed E-state index contributed by atoms with van der Waals surface area (Å²) >= 11 is 0. The van der Waals surface area contributed by atoms with Crippen LogP contribution in [0.5, 0.6) is 0 Å². The first-order valence-electron chi connectivity index (χ1n) is 4.11. The number of carbonyl (C=O) groups excluding carboxylic acids is 1. The zero-order valence-electron chi connectivity index (χ0n) is 7.75. The van der Waals surface area contributed by atoms with Crippen molar-refractivity contribution in [1.29, 1.82) is 0 Å². The monoisotopic (exact) mass is 201 g/mol. The molecule has 2 unspecified atom stereocenters. The molecule has 1 aliphatic rings. The van der Waals surface area contributed by atoms with Crippen molar-refractivity contribution < 1.29 is 19.0 Å². The molecule has 1 rings (SSSR count). The Morgan fingerprint density at radius 3 is 2.93 bits per heavy atom. The highest BCUT2D eigenvalue weighted by Gasteiger charge is 2.26. The van der Waals surface area contributed by atoms with Gasteiger partial charge in [0.1, 0.15) is 18.9 Å². The van der Waals surface area contributed by atoms with E-state index in [1.165, 1.54) is 6.92 Å². The van der Waals surface area contributed by atoms with Crippen LogP contribution < -0.4 is 0 Å². The van der Waals surface area contributed by atoms with E-state index in [-0.39, 0.29) is 20.0 Å². The maximum atomic E-state index is 10.7. The maximum Gasteiger partial charge on any atom is 0.302 e. The summed E-state index contributed by atoms with van der Waals surface area (Å²) in [5.74, 6) is -0.432. The summed E-state index contributed by atoms with van der Waals surface area (Å²) < 4.78 is 14.9. The molecule has 0 aliphatic carbocycles. The number of nitrogens with zero attached hydrogens (tertiary/aromatic N) is 3. The third-order valence-corrected chi connectivity index (χ3v) is 1.68. The van der Waals surface area contributed by atoms with Crippen molar-refractivity contribution in [3.8, 4) is 0 Å². The van der Waals surface area contributed by atoms with E-state index < -0.39 is 18.1 Å². The van der Waals surface area contributed by atoms with Crippen LogP contribution >= 0.6 is 0 Å². The number of hydrogen-bond donors (Lipinski definition) is 0. The van der Waals surface area contributed by atoms with Gasteiger partial charge in [0.25, 0.3) is 0 Å². The predicted molar refractivity (Wildman–Crippen MR) is 45.3 cm³/mol. The van der Waals surface area contributed by atoms with Crippen LogP contribution in [-0.4, -0.2) is 38.1 Å². The predicted octanol–water partition coefficient (Wildman–Crippen LogP) is 0.601. The minimum atomic E-state index is -0.564. The van der Waals surface area contributed by atoms with Crippen molar-refractivity contribution in [3.05, 3.63) is 10.4 Å². The number of azide groups is 1. The molecule has 0 aromatic heterocycles. The van der Waals surface area contributed by atoms with Crippen LogP contribution in [-0.2, 0) is 19.0 Å². The van der Waals surface area contributed by atoms with Gasteiger partial charge in [-0.05, 0) is 5.53 Å². The highest BCUT2D eigenvalue weighted by molar-refractivity contribution is 5.66. The largest absolute Gasteiger partial charge is 0.460 e. The summed E-state index contributed by atoms with van der Waals surface area (Å²) in [5, 5.41) is 3.48. The summed E-state index contributed by atoms with van der Waals surface area (Å²) in [6.45, 7) is 1.79. The fourth-order valence-corrected chi connectivity index (χ4v) is 1.11. The van der Waals surface area contributed by atoms with Gasteiger partial charge in [-0.25, -0.2) is 0 Å². The molecular weight excluding hydrogens is 190 g/mol. The number of ether oxygens (including phenoxy) is 3. The molecule has 78 valence electrons. The van der Waals surface area contributed by atoms with Crippen LogP contribution in [0.3, 0.4) is 0 Å². The zero-order valence-corrected chi connectivity index (χ0v) is 7.75. The summed E-state index contributed by atoms with van der Waals surface area (Å²) in [6, 6.07) is -0.522. The van der Waals surface area contributed by atoms with Crippen LogP contribution in [0.1, 0.15) is 6.92 Å². The molecular formula is C7H11N3O4. The van der Waals surface area contributed by atoms with Gasteiger partial charge in [-0.1, -0.05) is 5.11 Å². The zero-order chi connectivity index (χ0) is 10.4. The molecule has 1 fully saturated rings. The molecule has 0 saturated carbocycles. The Balaban J connectivity index is 2.63. The van der Waals surface area contributed by atoms with Gasteiger partial charge in [-0.2, -0.15) is 0 Å². The molecule has 0 aromatic rings. The summed E-state index contributed by atoms with van der Waals surface area (Å²) in [4.78, 5) is 13.4. The van der Waals surface area contributed by atoms with E-state index in [0.717, 1.165) is 0 Å². The third kappa shape index (κ3) is 3.21. The van der Waals surface area contributed by atoms with Crippen LogP contribution in [0.25, 0.3) is 10.4 Å². The molecule has 0 aromatic carbocycles. The second-order valence-corrected chi connectivity index (χ2v) is 2.78. The van der Waals surface area contributed by atoms with Gasteiger partial charge in [-0.3, -0.25) is 4.79 Å². The minimum Gasteiger partial charge on any atom is -0.460 e.